The maximum absolute atomic E-state index is 9.97. The van der Waals surface area contributed by atoms with Crippen molar-refractivity contribution < 1.29 is 27.9 Å². The second-order valence-electron chi connectivity index (χ2n) is 5.42. The van der Waals surface area contributed by atoms with E-state index in [0.717, 1.165) is 11.3 Å². The predicted molar refractivity (Wildman–Crippen MR) is 112 cm³/mol. The zero-order valence-electron chi connectivity index (χ0n) is 25.9. The van der Waals surface area contributed by atoms with Crippen molar-refractivity contribution in [2.75, 3.05) is 0 Å². The fraction of sp³-hybridized carbons (Fsp3) is 0. The molecule has 0 aliphatic rings. The molecule has 5 aromatic rings. The van der Waals surface area contributed by atoms with Gasteiger partial charge in [0.05, 0.1) is 17.8 Å². The number of benzene rings is 4. The van der Waals surface area contributed by atoms with Crippen molar-refractivity contribution in [3.8, 4) is 11.1 Å². The Hall–Kier alpha value is -2.66. The van der Waals surface area contributed by atoms with Crippen LogP contribution in [-0.4, -0.2) is 17.2 Å². The molecule has 0 saturated carbocycles. The zero-order valence-corrected chi connectivity index (χ0v) is 13.7. The van der Waals surface area contributed by atoms with Crippen molar-refractivity contribution in [3.63, 3.8) is 0 Å². The van der Waals surface area contributed by atoms with E-state index in [-0.39, 0.29) is 20.2 Å². The molecule has 0 fully saturated rings. The lowest BCUT2D eigenvalue weighted by atomic mass is 9.76. The third-order valence-electron chi connectivity index (χ3n) is 3.92. The molecule has 2 nitrogen and oxygen atoms in total. The highest BCUT2D eigenvalue weighted by Gasteiger charge is 2.17. The first-order chi connectivity index (χ1) is 18.1. The van der Waals surface area contributed by atoms with Crippen molar-refractivity contribution in [1.29, 1.82) is 0 Å². The van der Waals surface area contributed by atoms with Gasteiger partial charge in [0.15, 0.2) is 0 Å². The van der Waals surface area contributed by atoms with Crippen LogP contribution in [-0.2, 0) is 0 Å². The van der Waals surface area contributed by atoms with Crippen LogP contribution in [0.1, 0.15) is 17.8 Å². The topological polar surface area (TPSA) is 40.5 Å². The van der Waals surface area contributed by atoms with Crippen LogP contribution < -0.4 is 5.46 Å². The summed E-state index contributed by atoms with van der Waals surface area (Å²) in [6.07, 6.45) is 0. The Kier molecular flexibility index (Phi) is 1.64. The molecule has 0 radical (unpaired) electrons. The number of fused-ring (bicyclic) bond motifs is 4. The summed E-state index contributed by atoms with van der Waals surface area (Å²) in [5, 5.41) is 18.9. The van der Waals surface area contributed by atoms with Crippen LogP contribution in [0.2, 0.25) is 0 Å². The third kappa shape index (κ3) is 2.35. The van der Waals surface area contributed by atoms with Crippen LogP contribution in [0.3, 0.4) is 0 Å². The van der Waals surface area contributed by atoms with Gasteiger partial charge in [-0.15, -0.1) is 11.3 Å². The molecule has 1 heterocycles. The summed E-state index contributed by atoms with van der Waals surface area (Å²) in [5.41, 5.74) is -1.53. The molecule has 2 N–H and O–H groups in total. The van der Waals surface area contributed by atoms with E-state index in [4.69, 9.17) is 17.8 Å². The minimum atomic E-state index is -2.38. The van der Waals surface area contributed by atoms with Crippen LogP contribution in [0, 0.1) is 0 Å². The number of hydrogen-bond acceptors (Lipinski definition) is 3. The van der Waals surface area contributed by atoms with E-state index in [2.05, 4.69) is 0 Å². The molecule has 1 aromatic heterocycles. The molecule has 0 aliphatic carbocycles. The van der Waals surface area contributed by atoms with E-state index in [1.54, 1.807) is 0 Å². The molecule has 0 bridgehead atoms. The molecule has 5 rings (SSSR count). The van der Waals surface area contributed by atoms with Crippen LogP contribution in [0.4, 0.5) is 0 Å². The van der Waals surface area contributed by atoms with Gasteiger partial charge in [0.2, 0.25) is 0 Å². The largest absolute Gasteiger partial charge is 0.489 e. The summed E-state index contributed by atoms with van der Waals surface area (Å²) in [4.78, 5) is 0. The van der Waals surface area contributed by atoms with Gasteiger partial charge >= 0.3 is 7.12 Å². The number of hydrogen-bond donors (Lipinski definition) is 2. The second-order valence-corrected chi connectivity index (χ2v) is 6.44. The third-order valence-corrected chi connectivity index (χ3v) is 4.94. The molecular formula is C22H15BO2S. The lowest BCUT2D eigenvalue weighted by molar-refractivity contribution is 0.426. The van der Waals surface area contributed by atoms with Gasteiger partial charge in [-0.3, -0.25) is 0 Å². The Morgan fingerprint density at radius 3 is 2.19 bits per heavy atom. The zero-order chi connectivity index (χ0) is 29.0. The van der Waals surface area contributed by atoms with Crippen LogP contribution in [0.15, 0.2) is 78.6 Å². The minimum Gasteiger partial charge on any atom is -0.423 e. The van der Waals surface area contributed by atoms with E-state index >= 15 is 0 Å². The smallest absolute Gasteiger partial charge is 0.423 e. The lowest BCUT2D eigenvalue weighted by Crippen LogP contribution is -2.30. The highest BCUT2D eigenvalue weighted by atomic mass is 32.1. The maximum atomic E-state index is 9.97. The van der Waals surface area contributed by atoms with Gasteiger partial charge < -0.3 is 10.0 Å². The average molecular weight is 367 g/mol. The van der Waals surface area contributed by atoms with Gasteiger partial charge in [0.25, 0.3) is 0 Å². The Balaban J connectivity index is 2.09. The Morgan fingerprint density at radius 1 is 0.692 bits per heavy atom. The van der Waals surface area contributed by atoms with Gasteiger partial charge in [-0.05, 0) is 39.4 Å². The van der Waals surface area contributed by atoms with Crippen molar-refractivity contribution in [1.82, 2.24) is 0 Å². The molecule has 0 atom stereocenters. The first-order valence-electron chi connectivity index (χ1n) is 14.0. The first kappa shape index (κ1) is 7.16. The summed E-state index contributed by atoms with van der Waals surface area (Å²) in [6, 6.07) is -8.09. The fourth-order valence-corrected chi connectivity index (χ4v) is 3.73. The van der Waals surface area contributed by atoms with E-state index in [1.165, 1.54) is 0 Å². The average Bonchev–Trinajstić information content (AvgIpc) is 3.30. The normalized spacial score (nSPS) is 18.5. The van der Waals surface area contributed by atoms with E-state index in [1.807, 2.05) is 0 Å². The van der Waals surface area contributed by atoms with Gasteiger partial charge in [0, 0.05) is 20.2 Å². The summed E-state index contributed by atoms with van der Waals surface area (Å²) in [7, 11) is -2.38. The Bertz CT molecular complexity index is 1940. The summed E-state index contributed by atoms with van der Waals surface area (Å²) < 4.78 is 109. The predicted octanol–water partition coefficient (Wildman–Crippen LogP) is 4.55. The van der Waals surface area contributed by atoms with Gasteiger partial charge in [0.1, 0.15) is 0 Å². The van der Waals surface area contributed by atoms with Gasteiger partial charge in [-0.1, -0.05) is 66.5 Å². The van der Waals surface area contributed by atoms with Crippen LogP contribution in [0.25, 0.3) is 42.1 Å². The monoisotopic (exact) mass is 367 g/mol. The standard InChI is InChI=1S/C22H15BO2S/c24-23(25)20-12-11-15(16-5-1-2-6-17(16)20)14-9-10-19-18-7-3-4-8-21(18)26-22(19)13-14/h1-13,24-25H/i1D,2D,3D,4D,5D,6D,7D,8D,9D,10D,11D,12D,13D. The summed E-state index contributed by atoms with van der Waals surface area (Å²) >= 11 is 0.779. The van der Waals surface area contributed by atoms with Gasteiger partial charge in [-0.2, -0.15) is 0 Å². The number of rotatable bonds is 2. The van der Waals surface area contributed by atoms with Crippen LogP contribution >= 0.6 is 11.3 Å². The molecule has 26 heavy (non-hydrogen) atoms. The second kappa shape index (κ2) is 5.96. The first-order valence-corrected chi connectivity index (χ1v) is 8.28. The molecule has 4 aromatic carbocycles. The highest BCUT2D eigenvalue weighted by molar-refractivity contribution is 7.25. The molecule has 0 spiro atoms. The fourth-order valence-electron chi connectivity index (χ4n) is 2.76. The molecule has 0 aliphatic heterocycles. The quantitative estimate of drug-likeness (QED) is 0.449. The molecule has 0 saturated heterocycles. The van der Waals surface area contributed by atoms with Crippen molar-refractivity contribution in [2.45, 2.75) is 0 Å². The minimum absolute atomic E-state index is 0.0146. The van der Waals surface area contributed by atoms with Crippen molar-refractivity contribution >= 4 is 54.9 Å². The van der Waals surface area contributed by atoms with E-state index in [0.29, 0.717) is 0 Å². The van der Waals surface area contributed by atoms with E-state index in [9.17, 15) is 10.0 Å². The highest BCUT2D eigenvalue weighted by Crippen LogP contribution is 2.37. The molecule has 124 valence electrons. The van der Waals surface area contributed by atoms with Gasteiger partial charge in [-0.25, -0.2) is 0 Å². The number of thiophene rings is 1. The van der Waals surface area contributed by atoms with Crippen molar-refractivity contribution in [3.05, 3.63) is 78.6 Å². The Morgan fingerprint density at radius 2 is 1.38 bits per heavy atom. The summed E-state index contributed by atoms with van der Waals surface area (Å²) in [5.74, 6) is 0. The maximum Gasteiger partial charge on any atom is 0.489 e. The van der Waals surface area contributed by atoms with E-state index < -0.39 is 113 Å². The molecule has 0 amide bonds. The molecule has 4 heteroatoms. The molecule has 0 unspecified atom stereocenters. The molecular weight excluding hydrogens is 339 g/mol. The van der Waals surface area contributed by atoms with Crippen LogP contribution in [0.5, 0.6) is 0 Å². The lowest BCUT2D eigenvalue weighted by Gasteiger charge is -2.11. The Labute approximate surface area is 173 Å². The van der Waals surface area contributed by atoms with Crippen molar-refractivity contribution in [2.24, 2.45) is 0 Å². The SMILES string of the molecule is [2H]c1c([2H])c([2H])c2c(sc3c([2H])c(-c4c([2H])c([2H])c(B(O)O)c5c([2H])c([2H])c([2H])c([2H])c45)c([2H])c([2H])c32)c1[2H]. The summed E-state index contributed by atoms with van der Waals surface area (Å²) in [6.45, 7) is 0.